The van der Waals surface area contributed by atoms with Crippen molar-refractivity contribution in [1.29, 1.82) is 0 Å². The largest absolute Gasteiger partial charge is 0.484 e. The van der Waals surface area contributed by atoms with Crippen LogP contribution in [0.2, 0.25) is 0 Å². The molecule has 4 rings (SSSR count). The van der Waals surface area contributed by atoms with Gasteiger partial charge in [-0.2, -0.15) is 13.2 Å². The van der Waals surface area contributed by atoms with Gasteiger partial charge in [0, 0.05) is 23.6 Å². The monoisotopic (exact) mass is 488 g/mol. The van der Waals surface area contributed by atoms with Gasteiger partial charge in [-0.15, -0.1) is 0 Å². The molecule has 0 bridgehead atoms. The molecule has 178 valence electrons. The Hall–Kier alpha value is -3.30. The summed E-state index contributed by atoms with van der Waals surface area (Å²) in [5.41, 5.74) is 2.59. The summed E-state index contributed by atoms with van der Waals surface area (Å²) in [6.07, 6.45) is -1.83. The van der Waals surface area contributed by atoms with Crippen LogP contribution in [0.15, 0.2) is 88.8 Å². The molecule has 0 aliphatic rings. The van der Waals surface area contributed by atoms with Gasteiger partial charge >= 0.3 is 6.18 Å². The van der Waals surface area contributed by atoms with Crippen LogP contribution in [0.5, 0.6) is 5.75 Å². The smallest absolute Gasteiger partial charge is 0.422 e. The van der Waals surface area contributed by atoms with Gasteiger partial charge in [-0.3, -0.25) is 0 Å². The van der Waals surface area contributed by atoms with Crippen molar-refractivity contribution in [3.8, 4) is 5.75 Å². The molecule has 0 amide bonds. The number of ether oxygens (including phenoxy) is 1. The standard InChI is InChI=1S/C25H23F3N2O3S/c26-25(27,28)17-33-20-6-4-5-18(13-20)15-29-12-11-19-16-30-24-14-22(9-10-23(19)24)34(31,32)21-7-2-1-3-8-21/h1-10,13-14,16,29-30H,11-12,15,17H2. The van der Waals surface area contributed by atoms with E-state index in [0.717, 1.165) is 22.0 Å². The molecule has 1 heterocycles. The number of hydrogen-bond donors (Lipinski definition) is 2. The van der Waals surface area contributed by atoms with Gasteiger partial charge in [0.2, 0.25) is 9.84 Å². The molecule has 0 fully saturated rings. The highest BCUT2D eigenvalue weighted by atomic mass is 32.2. The fourth-order valence-electron chi connectivity index (χ4n) is 3.64. The summed E-state index contributed by atoms with van der Waals surface area (Å²) in [5, 5.41) is 4.21. The molecule has 0 aliphatic heterocycles. The summed E-state index contributed by atoms with van der Waals surface area (Å²) in [7, 11) is -3.59. The van der Waals surface area contributed by atoms with Gasteiger partial charge < -0.3 is 15.0 Å². The van der Waals surface area contributed by atoms with E-state index in [1.54, 1.807) is 60.7 Å². The van der Waals surface area contributed by atoms with Crippen molar-refractivity contribution in [2.75, 3.05) is 13.2 Å². The number of aromatic amines is 1. The fourth-order valence-corrected chi connectivity index (χ4v) is 4.95. The molecular weight excluding hydrogens is 465 g/mol. The number of rotatable bonds is 9. The number of hydrogen-bond acceptors (Lipinski definition) is 4. The second kappa shape index (κ2) is 9.90. The lowest BCUT2D eigenvalue weighted by Gasteiger charge is -2.10. The van der Waals surface area contributed by atoms with Crippen LogP contribution >= 0.6 is 0 Å². The predicted molar refractivity (Wildman–Crippen MR) is 124 cm³/mol. The van der Waals surface area contributed by atoms with Gasteiger partial charge in [0.25, 0.3) is 0 Å². The van der Waals surface area contributed by atoms with Crippen molar-refractivity contribution in [2.24, 2.45) is 0 Å². The van der Waals surface area contributed by atoms with Crippen LogP contribution in [0.4, 0.5) is 13.2 Å². The molecule has 0 aliphatic carbocycles. The summed E-state index contributed by atoms with van der Waals surface area (Å²) < 4.78 is 67.5. The number of fused-ring (bicyclic) bond motifs is 1. The van der Waals surface area contributed by atoms with Crippen molar-refractivity contribution in [2.45, 2.75) is 28.9 Å². The van der Waals surface area contributed by atoms with Crippen LogP contribution in [-0.2, 0) is 22.8 Å². The molecule has 0 atom stereocenters. The van der Waals surface area contributed by atoms with Gasteiger partial charge in [-0.25, -0.2) is 8.42 Å². The van der Waals surface area contributed by atoms with Crippen LogP contribution in [0.25, 0.3) is 10.9 Å². The average molecular weight is 489 g/mol. The predicted octanol–water partition coefficient (Wildman–Crippen LogP) is 5.27. The second-order valence-corrected chi connectivity index (χ2v) is 9.77. The zero-order valence-electron chi connectivity index (χ0n) is 18.1. The van der Waals surface area contributed by atoms with E-state index in [2.05, 4.69) is 10.3 Å². The zero-order chi connectivity index (χ0) is 24.2. The molecule has 34 heavy (non-hydrogen) atoms. The molecule has 9 heteroatoms. The normalized spacial score (nSPS) is 12.2. The van der Waals surface area contributed by atoms with Crippen molar-refractivity contribution in [3.63, 3.8) is 0 Å². The van der Waals surface area contributed by atoms with E-state index in [4.69, 9.17) is 4.74 Å². The molecule has 5 nitrogen and oxygen atoms in total. The lowest BCUT2D eigenvalue weighted by molar-refractivity contribution is -0.153. The first-order chi connectivity index (χ1) is 16.2. The van der Waals surface area contributed by atoms with Crippen LogP contribution < -0.4 is 10.1 Å². The Morgan fingerprint density at radius 2 is 1.71 bits per heavy atom. The summed E-state index contributed by atoms with van der Waals surface area (Å²) in [4.78, 5) is 3.62. The first kappa shape index (κ1) is 23.8. The molecular formula is C25H23F3N2O3S. The topological polar surface area (TPSA) is 71.2 Å². The number of aromatic nitrogens is 1. The van der Waals surface area contributed by atoms with Crippen LogP contribution in [-0.4, -0.2) is 32.7 Å². The highest BCUT2D eigenvalue weighted by molar-refractivity contribution is 7.91. The van der Waals surface area contributed by atoms with Gasteiger partial charge in [-0.05, 0) is 60.5 Å². The number of sulfone groups is 1. The molecule has 3 aromatic carbocycles. The maximum absolute atomic E-state index is 12.9. The van der Waals surface area contributed by atoms with E-state index >= 15 is 0 Å². The molecule has 1 aromatic heterocycles. The molecule has 4 aromatic rings. The zero-order valence-corrected chi connectivity index (χ0v) is 18.9. The Bertz CT molecular complexity index is 1370. The molecule has 0 spiro atoms. The van der Waals surface area contributed by atoms with Gasteiger partial charge in [0.1, 0.15) is 5.75 Å². The Labute approximate surface area is 195 Å². The summed E-state index contributed by atoms with van der Waals surface area (Å²) in [6, 6.07) is 19.9. The average Bonchev–Trinajstić information content (AvgIpc) is 3.23. The highest BCUT2D eigenvalue weighted by Gasteiger charge is 2.28. The van der Waals surface area contributed by atoms with E-state index < -0.39 is 22.6 Å². The van der Waals surface area contributed by atoms with Crippen molar-refractivity contribution in [3.05, 3.63) is 90.1 Å². The van der Waals surface area contributed by atoms with E-state index in [-0.39, 0.29) is 15.5 Å². The summed E-state index contributed by atoms with van der Waals surface area (Å²) in [5.74, 6) is 0.175. The summed E-state index contributed by atoms with van der Waals surface area (Å²) >= 11 is 0. The van der Waals surface area contributed by atoms with Crippen molar-refractivity contribution in [1.82, 2.24) is 10.3 Å². The lowest BCUT2D eigenvalue weighted by Crippen LogP contribution is -2.19. The second-order valence-electron chi connectivity index (χ2n) is 7.82. The lowest BCUT2D eigenvalue weighted by atomic mass is 10.1. The number of H-pyrrole nitrogens is 1. The Kier molecular flexibility index (Phi) is 6.95. The quantitative estimate of drug-likeness (QED) is 0.315. The molecule has 2 N–H and O–H groups in total. The first-order valence-corrected chi connectivity index (χ1v) is 12.1. The Balaban J connectivity index is 1.36. The van der Waals surface area contributed by atoms with E-state index in [9.17, 15) is 21.6 Å². The molecule has 0 saturated heterocycles. The third-order valence-corrected chi connectivity index (χ3v) is 7.07. The minimum atomic E-state index is -4.37. The highest BCUT2D eigenvalue weighted by Crippen LogP contribution is 2.26. The number of halogens is 3. The van der Waals surface area contributed by atoms with E-state index in [0.29, 0.717) is 19.5 Å². The Morgan fingerprint density at radius 3 is 2.47 bits per heavy atom. The van der Waals surface area contributed by atoms with Gasteiger partial charge in [0.05, 0.1) is 9.79 Å². The molecule has 0 unspecified atom stereocenters. The van der Waals surface area contributed by atoms with E-state index in [1.165, 1.54) is 6.07 Å². The van der Waals surface area contributed by atoms with Crippen molar-refractivity contribution < 1.29 is 26.3 Å². The minimum absolute atomic E-state index is 0.175. The van der Waals surface area contributed by atoms with E-state index in [1.807, 2.05) is 12.3 Å². The van der Waals surface area contributed by atoms with Crippen LogP contribution in [0.1, 0.15) is 11.1 Å². The van der Waals surface area contributed by atoms with Gasteiger partial charge in [0.15, 0.2) is 6.61 Å². The fraction of sp³-hybridized carbons (Fsp3) is 0.200. The minimum Gasteiger partial charge on any atom is -0.484 e. The first-order valence-electron chi connectivity index (χ1n) is 10.6. The SMILES string of the molecule is O=S(=O)(c1ccccc1)c1ccc2c(CCNCc3cccc(OCC(F)(F)F)c3)c[nH]c2c1. The maximum atomic E-state index is 12.9. The Morgan fingerprint density at radius 1 is 0.912 bits per heavy atom. The maximum Gasteiger partial charge on any atom is 0.422 e. The number of alkyl halides is 3. The van der Waals surface area contributed by atoms with Crippen LogP contribution in [0, 0.1) is 0 Å². The third-order valence-electron chi connectivity index (χ3n) is 5.30. The molecule has 0 saturated carbocycles. The van der Waals surface area contributed by atoms with Crippen LogP contribution in [0.3, 0.4) is 0 Å². The van der Waals surface area contributed by atoms with Gasteiger partial charge in [-0.1, -0.05) is 36.4 Å². The summed E-state index contributed by atoms with van der Waals surface area (Å²) in [6.45, 7) is -0.214. The molecule has 0 radical (unpaired) electrons. The number of nitrogens with one attached hydrogen (secondary N) is 2. The number of benzene rings is 3. The third kappa shape index (κ3) is 5.78. The van der Waals surface area contributed by atoms with Crippen molar-refractivity contribution >= 4 is 20.7 Å².